The molecule has 0 N–H and O–H groups in total. The molecule has 6 fully saturated rings. The van der Waals surface area contributed by atoms with Gasteiger partial charge in [-0.15, -0.1) is 0 Å². The van der Waals surface area contributed by atoms with Gasteiger partial charge in [-0.3, -0.25) is 38.6 Å². The molecule has 0 aliphatic carbocycles. The van der Waals surface area contributed by atoms with Gasteiger partial charge in [0.25, 0.3) is 11.8 Å². The Morgan fingerprint density at radius 3 is 1.12 bits per heavy atom. The van der Waals surface area contributed by atoms with E-state index in [9.17, 15) is 19.2 Å². The summed E-state index contributed by atoms with van der Waals surface area (Å²) in [4.78, 5) is 42.8. The van der Waals surface area contributed by atoms with Gasteiger partial charge in [-0.25, -0.2) is 0 Å². The molecule has 0 bridgehead atoms. The van der Waals surface area contributed by atoms with Gasteiger partial charge in [0.1, 0.15) is 22.6 Å². The van der Waals surface area contributed by atoms with Crippen LogP contribution >= 0.6 is 104 Å². The Morgan fingerprint density at radius 2 is 0.783 bits per heavy atom. The summed E-state index contributed by atoms with van der Waals surface area (Å²) in [6.45, 7) is 32.7. The molecule has 6 aliphatic heterocycles. The summed E-state index contributed by atoms with van der Waals surface area (Å²) < 4.78 is 78.9. The van der Waals surface area contributed by atoms with E-state index in [-0.39, 0.29) is 34.2 Å². The van der Waals surface area contributed by atoms with Crippen LogP contribution in [0.1, 0.15) is 152 Å². The molecule has 17 rings (SSSR count). The van der Waals surface area contributed by atoms with Crippen molar-refractivity contribution in [2.24, 2.45) is 4.30 Å². The molecular formula is C102H114B3Br5ClFN13O12S. The van der Waals surface area contributed by atoms with E-state index in [1.165, 1.54) is 19.3 Å². The maximum atomic E-state index is 12.2. The van der Waals surface area contributed by atoms with Crippen LogP contribution in [0.5, 0.6) is 0 Å². The number of nitriles is 5. The van der Waals surface area contributed by atoms with Crippen LogP contribution in [0.2, 0.25) is 5.02 Å². The standard InChI is InChI=1S/C28H26N4O3.C16H13ClN2O2.C12H24B2O4.2C12H13BrN2O.C8H5Br2N.C8H6BrN.C5H10O.CH3F.BHNS/c1-31(2)28(33)20-5-3-19(4-6-20)26-16-25-27(35-26)24(9-10-30-25)21-7-8-22(23(15-21)17-29)18-32-11-13-34-14-12-32;1-19(2)16(20)11-5-3-10(4-6-11)14-9-13-15(21-14)12(17)7-8-18-13;1-9(2)10(3,4)16-13(15-9)14-17-11(5,6)12(7,8)18-14;2*13-12-2-1-10(11(7-12)8-14)9-15-3-5-16-6-4-15;9-4-6-1-2-8(10)3-7(6)5-11;1-6-2-3-8(9)4-7(6)5-10;1-2-4-6-5-3-1;1-2;1-2-3/h3-10,15-16H,11-14,18H2,1-2H3;3-9H,1-2H3;1-8H3;2*1-2,7H,3-6,9H2;1-3H,4H2;2-4H,1H3;1-5H2;1H3;3H/i;;;;;;;;1D;. The molecule has 1 radical (unpaired) electrons. The number of pyridine rings is 2. The zero-order valence-electron chi connectivity index (χ0n) is 80.8. The number of hydrogen-bond acceptors (Lipinski definition) is 24. The monoisotopic (exact) mass is 2230 g/mol. The van der Waals surface area contributed by atoms with Crippen molar-refractivity contribution in [1.82, 2.24) is 34.5 Å². The number of benzene rings is 7. The minimum atomic E-state index is -1.00. The molecule has 0 saturated carbocycles. The predicted molar refractivity (Wildman–Crippen MR) is 562 cm³/mol. The van der Waals surface area contributed by atoms with E-state index in [0.717, 1.165) is 213 Å². The van der Waals surface area contributed by atoms with Crippen molar-refractivity contribution in [3.8, 4) is 64.1 Å². The van der Waals surface area contributed by atoms with Gasteiger partial charge < -0.3 is 56.2 Å². The van der Waals surface area contributed by atoms with Crippen LogP contribution < -0.4 is 0 Å². The summed E-state index contributed by atoms with van der Waals surface area (Å²) >= 11 is 25.9. The van der Waals surface area contributed by atoms with Gasteiger partial charge in [-0.1, -0.05) is 152 Å². The SMILES string of the molecule is C1CCOCC1.CC1(C)OB(B2OC(C)(C)C(C)(C)O2)OC1(C)C.CN(C)C(=O)c1ccc(-c2cc3nccc(-c4ccc(CN5CCOCC5)c(C#N)c4)c3o2)cc1.CN(C)C(=O)c1ccc(-c2cc3nccc(Cl)c3o2)cc1.Cc1ccc(Br)cc1C#N.N#Cc1cc(Br)ccc1CBr.N#Cc1cc(Br)ccc1CN1CCOCC1.N#Cc1cc(Br)ccc1CN1CCOCC1.[2H]CF.[B]=NS. The number of carbonyl (C=O) groups excluding carboxylic acids is 2. The molecule has 25 nitrogen and oxygen atoms in total. The first-order chi connectivity index (χ1) is 66.4. The molecule has 6 saturated heterocycles. The van der Waals surface area contributed by atoms with Crippen molar-refractivity contribution in [1.29, 1.82) is 26.3 Å². The van der Waals surface area contributed by atoms with Gasteiger partial charge >= 0.3 is 38.8 Å². The van der Waals surface area contributed by atoms with Gasteiger partial charge in [-0.05, 0) is 206 Å². The molecule has 0 spiro atoms. The number of rotatable bonds is 13. The van der Waals surface area contributed by atoms with Crippen molar-refractivity contribution in [2.45, 2.75) is 129 Å². The third kappa shape index (κ3) is 33.8. The van der Waals surface area contributed by atoms with Crippen LogP contribution in [-0.4, -0.2) is 218 Å². The van der Waals surface area contributed by atoms with Gasteiger partial charge in [0, 0.05) is 176 Å². The average molecular weight is 2230 g/mol. The Kier molecular flexibility index (Phi) is 46.0. The number of alkyl halides is 2. The minimum absolute atomic E-state index is 0.0316. The van der Waals surface area contributed by atoms with Gasteiger partial charge in [0.15, 0.2) is 11.2 Å². The molecule has 723 valence electrons. The van der Waals surface area contributed by atoms with E-state index in [0.29, 0.717) is 49.9 Å². The van der Waals surface area contributed by atoms with E-state index >= 15 is 0 Å². The van der Waals surface area contributed by atoms with Crippen LogP contribution in [0.15, 0.2) is 207 Å². The number of nitrogens with zero attached hydrogens (tertiary/aromatic N) is 13. The Hall–Kier alpha value is -9.17. The molecule has 36 heteroatoms. The number of morpholine rings is 3. The molecule has 6 aliphatic rings. The summed E-state index contributed by atoms with van der Waals surface area (Å²) in [7, 11) is 9.30. The molecule has 2 amide bonds. The first-order valence-electron chi connectivity index (χ1n) is 45.1. The zero-order valence-corrected chi connectivity index (χ0v) is 89.4. The number of furan rings is 2. The van der Waals surface area contributed by atoms with Crippen molar-refractivity contribution in [3.05, 3.63) is 266 Å². The first-order valence-corrected chi connectivity index (χ1v) is 49.4. The number of fused-ring (bicyclic) bond motifs is 2. The Labute approximate surface area is 865 Å². The second-order valence-corrected chi connectivity index (χ2v) is 39.3. The normalized spacial score (nSPS) is 16.0. The van der Waals surface area contributed by atoms with Crippen LogP contribution in [0, 0.1) is 63.6 Å². The third-order valence-corrected chi connectivity index (χ3v) is 26.2. The number of halogens is 7. The van der Waals surface area contributed by atoms with Crippen LogP contribution in [0.4, 0.5) is 4.39 Å². The molecule has 138 heavy (non-hydrogen) atoms. The summed E-state index contributed by atoms with van der Waals surface area (Å²) in [5, 5.41) is 46.5. The number of amides is 2. The van der Waals surface area contributed by atoms with E-state index in [2.05, 4.69) is 159 Å². The summed E-state index contributed by atoms with van der Waals surface area (Å²) in [5.74, 6) is 1.27. The van der Waals surface area contributed by atoms with E-state index in [1.54, 1.807) is 80.7 Å². The van der Waals surface area contributed by atoms with Gasteiger partial charge in [0.05, 0.1) is 134 Å². The molecule has 0 atom stereocenters. The third-order valence-electron chi connectivity index (χ3n) is 23.3. The maximum absolute atomic E-state index is 12.2. The number of carbonyl (C=O) groups is 2. The van der Waals surface area contributed by atoms with Crippen molar-refractivity contribution >= 4 is 160 Å². The predicted octanol–water partition coefficient (Wildman–Crippen LogP) is 22.8. The summed E-state index contributed by atoms with van der Waals surface area (Å²) in [5.41, 5.74) is 14.9. The zero-order chi connectivity index (χ0) is 102. The van der Waals surface area contributed by atoms with Crippen LogP contribution in [0.25, 0.3) is 56.0 Å². The number of aryl methyl sites for hydroxylation is 1. The van der Waals surface area contributed by atoms with Gasteiger partial charge in [-0.2, -0.15) is 26.3 Å². The average Bonchev–Trinajstić information content (AvgIpc) is 1.60. The molecule has 11 aromatic rings. The fourth-order valence-corrected chi connectivity index (χ4v) is 16.3. The molecule has 0 unspecified atom stereocenters. The quantitative estimate of drug-likeness (QED) is 0.0637. The fraction of sp³-hybridized carbons (Fsp3) is 0.382. The van der Waals surface area contributed by atoms with E-state index < -0.39 is 21.2 Å². The summed E-state index contributed by atoms with van der Waals surface area (Å²) in [6.07, 6.45) is 7.33. The van der Waals surface area contributed by atoms with Crippen LogP contribution in [0.3, 0.4) is 0 Å². The number of thiol groups is 1. The molecule has 7 aromatic carbocycles. The number of ether oxygens (including phenoxy) is 4. The number of hydrogen-bond donors (Lipinski definition) is 1. The van der Waals surface area contributed by atoms with Crippen molar-refractivity contribution in [3.63, 3.8) is 0 Å². The molecule has 4 aromatic heterocycles. The van der Waals surface area contributed by atoms with Crippen molar-refractivity contribution in [2.75, 3.05) is 127 Å². The van der Waals surface area contributed by atoms with E-state index in [4.69, 9.17) is 80.4 Å². The Morgan fingerprint density at radius 1 is 0.471 bits per heavy atom. The fourth-order valence-electron chi connectivity index (χ4n) is 14.2. The van der Waals surface area contributed by atoms with E-state index in [1.807, 2.05) is 196 Å². The second kappa shape index (κ2) is 56.5. The number of aromatic nitrogens is 2. The Bertz CT molecular complexity index is 5940. The van der Waals surface area contributed by atoms with Crippen molar-refractivity contribution < 1.29 is 61.7 Å². The van der Waals surface area contributed by atoms with Crippen LogP contribution in [-0.2, 0) is 62.5 Å². The second-order valence-electron chi connectivity index (χ2n) is 34.5. The first kappa shape index (κ1) is 112. The molecule has 10 heterocycles. The van der Waals surface area contributed by atoms with Gasteiger partial charge in [0.2, 0.25) is 0 Å². The topological polar surface area (TPSA) is 308 Å². The molecular weight excluding hydrogens is 2120 g/mol. The Balaban J connectivity index is 0.000000201. The summed E-state index contributed by atoms with van der Waals surface area (Å²) in [6, 6.07) is 62.1.